The number of hydrogen-bond donors (Lipinski definition) is 1. The fraction of sp³-hybridized carbons (Fsp3) is 0.417. The Morgan fingerprint density at radius 2 is 1.90 bits per heavy atom. The second-order valence-corrected chi connectivity index (χ2v) is 4.31. The van der Waals surface area contributed by atoms with Crippen LogP contribution in [0.2, 0.25) is 0 Å². The highest BCUT2D eigenvalue weighted by Crippen LogP contribution is 2.33. The summed E-state index contributed by atoms with van der Waals surface area (Å²) in [6, 6.07) is 4.83. The number of nitrogens with zero attached hydrogens (tertiary/aromatic N) is 1. The molecular formula is C12H14ClF3N2O2. The molecule has 1 aromatic rings. The van der Waals surface area contributed by atoms with Crippen LogP contribution in [0.1, 0.15) is 24.4 Å². The minimum atomic E-state index is -4.70. The van der Waals surface area contributed by atoms with Crippen molar-refractivity contribution < 1.29 is 22.7 Å². The molecule has 0 bridgehead atoms. The summed E-state index contributed by atoms with van der Waals surface area (Å²) >= 11 is 0. The molecule has 0 aromatic heterocycles. The van der Waals surface area contributed by atoms with Gasteiger partial charge in [-0.15, -0.1) is 25.6 Å². The molecule has 2 amide bonds. The van der Waals surface area contributed by atoms with Crippen LogP contribution < -0.4 is 10.5 Å². The second kappa shape index (κ2) is 6.21. The number of nitrogens with two attached hydrogens (primary N) is 1. The lowest BCUT2D eigenvalue weighted by Crippen LogP contribution is -2.35. The number of rotatable bonds is 2. The van der Waals surface area contributed by atoms with Gasteiger partial charge in [0.05, 0.1) is 6.04 Å². The maximum Gasteiger partial charge on any atom is 0.573 e. The molecule has 2 N–H and O–H groups in total. The van der Waals surface area contributed by atoms with Crippen molar-refractivity contribution in [1.82, 2.24) is 4.90 Å². The van der Waals surface area contributed by atoms with Gasteiger partial charge in [0.1, 0.15) is 5.75 Å². The fourth-order valence-corrected chi connectivity index (χ4v) is 2.27. The summed E-state index contributed by atoms with van der Waals surface area (Å²) in [5.74, 6) is -0.278. The first-order valence-corrected chi connectivity index (χ1v) is 5.78. The molecule has 1 heterocycles. The molecule has 20 heavy (non-hydrogen) atoms. The normalized spacial score (nSPS) is 18.6. The lowest BCUT2D eigenvalue weighted by atomic mass is 10.0. The van der Waals surface area contributed by atoms with Gasteiger partial charge in [0.15, 0.2) is 0 Å². The van der Waals surface area contributed by atoms with E-state index < -0.39 is 12.4 Å². The van der Waals surface area contributed by atoms with Crippen LogP contribution in [-0.4, -0.2) is 23.8 Å². The van der Waals surface area contributed by atoms with Crippen LogP contribution in [0.5, 0.6) is 5.75 Å². The van der Waals surface area contributed by atoms with Gasteiger partial charge in [-0.2, -0.15) is 0 Å². The minimum Gasteiger partial charge on any atom is -0.406 e. The Balaban J connectivity index is 0.00000200. The Morgan fingerprint density at radius 1 is 1.30 bits per heavy atom. The predicted molar refractivity (Wildman–Crippen MR) is 68.6 cm³/mol. The van der Waals surface area contributed by atoms with Crippen molar-refractivity contribution in [1.29, 1.82) is 0 Å². The number of likely N-dealkylation sites (tertiary alicyclic amines) is 1. The standard InChI is InChI=1S/C12H13F3N2O2.ClH/c13-12(14,15)19-9-5-3-8(4-6-9)10-2-1-7-17(10)11(16)18;/h3-6,10H,1-2,7H2,(H2,16,18);1H. The SMILES string of the molecule is Cl.NC(=O)N1CCCC1c1ccc(OC(F)(F)F)cc1. The van der Waals surface area contributed by atoms with Crippen molar-refractivity contribution in [3.8, 4) is 5.75 Å². The summed E-state index contributed by atoms with van der Waals surface area (Å²) in [6.07, 6.45) is -3.12. The number of primary amides is 1. The van der Waals surface area contributed by atoms with E-state index in [0.29, 0.717) is 6.54 Å². The summed E-state index contributed by atoms with van der Waals surface area (Å²) in [5, 5.41) is 0. The minimum absolute atomic E-state index is 0. The van der Waals surface area contributed by atoms with Crippen molar-refractivity contribution in [2.75, 3.05) is 6.54 Å². The first-order chi connectivity index (χ1) is 8.87. The third-order valence-electron chi connectivity index (χ3n) is 3.03. The van der Waals surface area contributed by atoms with Crippen molar-refractivity contribution in [2.24, 2.45) is 5.73 Å². The second-order valence-electron chi connectivity index (χ2n) is 4.31. The molecule has 1 saturated heterocycles. The van der Waals surface area contributed by atoms with E-state index in [2.05, 4.69) is 4.74 Å². The quantitative estimate of drug-likeness (QED) is 0.912. The van der Waals surface area contributed by atoms with E-state index in [9.17, 15) is 18.0 Å². The summed E-state index contributed by atoms with van der Waals surface area (Å²) < 4.78 is 39.8. The summed E-state index contributed by atoms with van der Waals surface area (Å²) in [4.78, 5) is 12.7. The average molecular weight is 311 g/mol. The molecule has 8 heteroatoms. The van der Waals surface area contributed by atoms with Crippen LogP contribution in [0, 0.1) is 0 Å². The number of carbonyl (C=O) groups excluding carboxylic acids is 1. The van der Waals surface area contributed by atoms with E-state index >= 15 is 0 Å². The van der Waals surface area contributed by atoms with E-state index in [4.69, 9.17) is 5.73 Å². The highest BCUT2D eigenvalue weighted by molar-refractivity contribution is 5.85. The number of amides is 2. The zero-order chi connectivity index (χ0) is 14.0. The molecule has 0 aliphatic carbocycles. The molecule has 1 unspecified atom stereocenters. The molecule has 4 nitrogen and oxygen atoms in total. The molecule has 0 spiro atoms. The monoisotopic (exact) mass is 310 g/mol. The number of halogens is 4. The van der Waals surface area contributed by atoms with Crippen LogP contribution in [0.4, 0.5) is 18.0 Å². The number of alkyl halides is 3. The molecule has 1 aliphatic heterocycles. The Hall–Kier alpha value is -1.63. The smallest absolute Gasteiger partial charge is 0.406 e. The van der Waals surface area contributed by atoms with E-state index in [1.807, 2.05) is 0 Å². The highest BCUT2D eigenvalue weighted by atomic mass is 35.5. The number of benzene rings is 1. The number of ether oxygens (including phenoxy) is 1. The van der Waals surface area contributed by atoms with E-state index in [1.165, 1.54) is 29.2 Å². The van der Waals surface area contributed by atoms with Gasteiger partial charge >= 0.3 is 12.4 Å². The Morgan fingerprint density at radius 3 is 2.40 bits per heavy atom. The van der Waals surface area contributed by atoms with E-state index in [1.54, 1.807) is 0 Å². The Bertz CT molecular complexity index is 465. The van der Waals surface area contributed by atoms with Crippen molar-refractivity contribution in [3.63, 3.8) is 0 Å². The largest absolute Gasteiger partial charge is 0.573 e. The van der Waals surface area contributed by atoms with Crippen LogP contribution >= 0.6 is 12.4 Å². The molecule has 0 saturated carbocycles. The van der Waals surface area contributed by atoms with Crippen LogP contribution in [0.15, 0.2) is 24.3 Å². The van der Waals surface area contributed by atoms with Crippen LogP contribution in [0.3, 0.4) is 0 Å². The molecule has 1 atom stereocenters. The van der Waals surface area contributed by atoms with Gasteiger partial charge in [-0.1, -0.05) is 12.1 Å². The maximum absolute atomic E-state index is 12.0. The Labute approximate surface area is 120 Å². The van der Waals surface area contributed by atoms with Gasteiger partial charge in [0, 0.05) is 6.54 Å². The van der Waals surface area contributed by atoms with Crippen molar-refractivity contribution in [3.05, 3.63) is 29.8 Å². The summed E-state index contributed by atoms with van der Waals surface area (Å²) in [5.41, 5.74) is 6.01. The number of urea groups is 1. The van der Waals surface area contributed by atoms with E-state index in [0.717, 1.165) is 18.4 Å². The highest BCUT2D eigenvalue weighted by Gasteiger charge is 2.32. The molecule has 0 radical (unpaired) electrons. The lowest BCUT2D eigenvalue weighted by molar-refractivity contribution is -0.274. The first-order valence-electron chi connectivity index (χ1n) is 5.78. The zero-order valence-electron chi connectivity index (χ0n) is 10.4. The van der Waals surface area contributed by atoms with Gasteiger partial charge in [0.25, 0.3) is 0 Å². The fourth-order valence-electron chi connectivity index (χ4n) is 2.27. The number of carbonyl (C=O) groups is 1. The third-order valence-corrected chi connectivity index (χ3v) is 3.03. The van der Waals surface area contributed by atoms with Crippen LogP contribution in [-0.2, 0) is 0 Å². The lowest BCUT2D eigenvalue weighted by Gasteiger charge is -2.23. The summed E-state index contributed by atoms with van der Waals surface area (Å²) in [7, 11) is 0. The molecule has 112 valence electrons. The van der Waals surface area contributed by atoms with E-state index in [-0.39, 0.29) is 24.2 Å². The molecule has 1 fully saturated rings. The zero-order valence-corrected chi connectivity index (χ0v) is 11.2. The maximum atomic E-state index is 12.0. The number of hydrogen-bond acceptors (Lipinski definition) is 2. The van der Waals surface area contributed by atoms with Crippen molar-refractivity contribution in [2.45, 2.75) is 25.2 Å². The van der Waals surface area contributed by atoms with Gasteiger partial charge < -0.3 is 15.4 Å². The first kappa shape index (κ1) is 16.4. The molecule has 1 aliphatic rings. The molecule has 2 rings (SSSR count). The van der Waals surface area contributed by atoms with Gasteiger partial charge in [-0.25, -0.2) is 4.79 Å². The molecular weight excluding hydrogens is 297 g/mol. The predicted octanol–water partition coefficient (Wildman–Crippen LogP) is 3.22. The average Bonchev–Trinajstić information content (AvgIpc) is 2.76. The van der Waals surface area contributed by atoms with Gasteiger partial charge in [-0.05, 0) is 30.5 Å². The third kappa shape index (κ3) is 3.93. The van der Waals surface area contributed by atoms with Gasteiger partial charge in [0.2, 0.25) is 0 Å². The Kier molecular flexibility index (Phi) is 5.10. The summed E-state index contributed by atoms with van der Waals surface area (Å²) in [6.45, 7) is 0.570. The van der Waals surface area contributed by atoms with Crippen LogP contribution in [0.25, 0.3) is 0 Å². The van der Waals surface area contributed by atoms with Gasteiger partial charge in [-0.3, -0.25) is 0 Å². The molecule has 1 aromatic carbocycles. The topological polar surface area (TPSA) is 55.6 Å². The van der Waals surface area contributed by atoms with Crippen molar-refractivity contribution >= 4 is 18.4 Å².